The zero-order valence-electron chi connectivity index (χ0n) is 27.8. The normalized spacial score (nSPS) is 27.2. The Hall–Kier alpha value is -3.67. The number of benzene rings is 2. The highest BCUT2D eigenvalue weighted by Gasteiger charge is 2.38. The van der Waals surface area contributed by atoms with Crippen LogP contribution in [0.2, 0.25) is 5.02 Å². The number of hydrogen-bond acceptors (Lipinski definition) is 7. The maximum atomic E-state index is 14.4. The SMILES string of the molecule is CO[C@H]1/C=C/C[C@H](C)C[S@@](=O)(NC(=O)c2cnn(C)c2)=NC(=O)c2ccc3c(c2)N(Cc2ccc(Cl)cc2CCCCO3)C[C@@H]2CC[C@H]21. The molecule has 3 heterocycles. The second kappa shape index (κ2) is 14.8. The first-order valence-electron chi connectivity index (χ1n) is 16.7. The van der Waals surface area contributed by atoms with Crippen molar-refractivity contribution in [3.8, 4) is 5.75 Å². The van der Waals surface area contributed by atoms with Crippen molar-refractivity contribution in [2.45, 2.75) is 58.1 Å². The zero-order chi connectivity index (χ0) is 33.8. The van der Waals surface area contributed by atoms with E-state index >= 15 is 0 Å². The molecule has 12 heteroatoms. The molecule has 256 valence electrons. The smallest absolute Gasteiger partial charge is 0.286 e. The first-order chi connectivity index (χ1) is 23.1. The fraction of sp³-hybridized carbons (Fsp3) is 0.472. The van der Waals surface area contributed by atoms with Crippen molar-refractivity contribution in [3.05, 3.63) is 88.2 Å². The van der Waals surface area contributed by atoms with Crippen molar-refractivity contribution in [2.75, 3.05) is 30.9 Å². The second-order valence-electron chi connectivity index (χ2n) is 13.3. The Morgan fingerprint density at radius 1 is 1.15 bits per heavy atom. The molecule has 2 amide bonds. The average molecular weight is 694 g/mol. The van der Waals surface area contributed by atoms with Gasteiger partial charge in [-0.3, -0.25) is 19.0 Å². The van der Waals surface area contributed by atoms with Gasteiger partial charge in [0.15, 0.2) is 0 Å². The van der Waals surface area contributed by atoms with Crippen LogP contribution in [0.5, 0.6) is 5.75 Å². The van der Waals surface area contributed by atoms with E-state index in [0.717, 1.165) is 44.3 Å². The molecule has 3 aliphatic rings. The van der Waals surface area contributed by atoms with E-state index in [4.69, 9.17) is 21.1 Å². The highest BCUT2D eigenvalue weighted by atomic mass is 35.5. The first-order valence-corrected chi connectivity index (χ1v) is 18.8. The minimum Gasteiger partial charge on any atom is -0.491 e. The summed E-state index contributed by atoms with van der Waals surface area (Å²) in [5.41, 5.74) is 3.68. The summed E-state index contributed by atoms with van der Waals surface area (Å²) in [5, 5.41) is 4.77. The number of halogens is 1. The third-order valence-electron chi connectivity index (χ3n) is 9.62. The molecular weight excluding hydrogens is 650 g/mol. The van der Waals surface area contributed by atoms with Crippen LogP contribution in [-0.4, -0.2) is 57.9 Å². The molecule has 0 spiro atoms. The third kappa shape index (κ3) is 7.96. The van der Waals surface area contributed by atoms with Crippen LogP contribution in [-0.2, 0) is 34.7 Å². The van der Waals surface area contributed by atoms with Crippen molar-refractivity contribution in [3.63, 3.8) is 0 Å². The first kappa shape index (κ1) is 34.2. The van der Waals surface area contributed by atoms with Gasteiger partial charge in [0.05, 0.1) is 35.9 Å². The molecule has 0 radical (unpaired) electrons. The number of aryl methyl sites for hydroxylation is 2. The number of carbonyl (C=O) groups excluding carboxylic acids is 2. The fourth-order valence-electron chi connectivity index (χ4n) is 6.92. The number of anilines is 1. The summed E-state index contributed by atoms with van der Waals surface area (Å²) in [5.74, 6) is -0.0362. The van der Waals surface area contributed by atoms with Gasteiger partial charge in [-0.15, -0.1) is 4.36 Å². The molecule has 48 heavy (non-hydrogen) atoms. The molecule has 6 rings (SSSR count). The standard InChI is InChI=1S/C36H44ClN5O5S/c1-24-7-6-9-33(46-3)31-14-11-28(31)22-42-21-27-10-13-30(37)17-25(27)8-4-5-16-47-34-15-12-26(18-32(34)42)35(43)39-48(45,23-24)40-36(44)29-19-38-41(2)20-29/h6,9-10,12-13,15,17-20,24,28,31,33H,4-5,7-8,11,14,16,21-23H2,1-3H3,(H,39,40,43,44,45)/b9-6+/t24-,28-,31+,33-,48-/m0/s1. The Kier molecular flexibility index (Phi) is 10.6. The van der Waals surface area contributed by atoms with Gasteiger partial charge in [-0.1, -0.05) is 36.7 Å². The van der Waals surface area contributed by atoms with E-state index in [1.165, 1.54) is 28.2 Å². The summed E-state index contributed by atoms with van der Waals surface area (Å²) in [6, 6.07) is 11.4. The number of rotatable bonds is 3. The van der Waals surface area contributed by atoms with E-state index < -0.39 is 21.7 Å². The molecule has 3 aromatic rings. The van der Waals surface area contributed by atoms with Gasteiger partial charge in [0.2, 0.25) is 0 Å². The van der Waals surface area contributed by atoms with E-state index in [0.29, 0.717) is 42.2 Å². The number of hydrogen-bond donors (Lipinski definition) is 1. The van der Waals surface area contributed by atoms with E-state index in [9.17, 15) is 13.8 Å². The number of methoxy groups -OCH3 is 1. The largest absolute Gasteiger partial charge is 0.491 e. The molecular formula is C36H44ClN5O5S. The Balaban J connectivity index is 1.45. The minimum absolute atomic E-state index is 0.00168. The minimum atomic E-state index is -3.52. The molecule has 1 fully saturated rings. The summed E-state index contributed by atoms with van der Waals surface area (Å²) in [6.45, 7) is 3.81. The Labute approximate surface area is 288 Å². The lowest BCUT2D eigenvalue weighted by atomic mass is 9.70. The van der Waals surface area contributed by atoms with Crippen LogP contribution in [0, 0.1) is 17.8 Å². The number of allylic oxidation sites excluding steroid dienone is 1. The molecule has 1 aromatic heterocycles. The van der Waals surface area contributed by atoms with Crippen molar-refractivity contribution in [1.29, 1.82) is 0 Å². The summed E-state index contributed by atoms with van der Waals surface area (Å²) in [4.78, 5) is 29.4. The molecule has 10 nitrogen and oxygen atoms in total. The fourth-order valence-corrected chi connectivity index (χ4v) is 9.00. The van der Waals surface area contributed by atoms with Gasteiger partial charge in [-0.05, 0) is 97.7 Å². The average Bonchev–Trinajstić information content (AvgIpc) is 3.47. The van der Waals surface area contributed by atoms with Gasteiger partial charge < -0.3 is 14.4 Å². The maximum absolute atomic E-state index is 14.4. The van der Waals surface area contributed by atoms with Crippen LogP contribution in [0.25, 0.3) is 0 Å². The van der Waals surface area contributed by atoms with Crippen LogP contribution in [0.1, 0.15) is 70.9 Å². The summed E-state index contributed by atoms with van der Waals surface area (Å²) in [6.07, 6.45) is 12.5. The molecule has 2 aromatic carbocycles. The van der Waals surface area contributed by atoms with Crippen LogP contribution in [0.3, 0.4) is 0 Å². The summed E-state index contributed by atoms with van der Waals surface area (Å²) < 4.78 is 35.1. The number of nitrogens with one attached hydrogen (secondary N) is 1. The summed E-state index contributed by atoms with van der Waals surface area (Å²) >= 11 is 6.45. The van der Waals surface area contributed by atoms with Crippen molar-refractivity contribution in [1.82, 2.24) is 14.5 Å². The number of fused-ring (bicyclic) bond motifs is 3. The van der Waals surface area contributed by atoms with E-state index in [2.05, 4.69) is 43.4 Å². The molecule has 1 aliphatic carbocycles. The predicted molar refractivity (Wildman–Crippen MR) is 188 cm³/mol. The lowest BCUT2D eigenvalue weighted by molar-refractivity contribution is 0.0133. The van der Waals surface area contributed by atoms with Crippen LogP contribution < -0.4 is 14.4 Å². The van der Waals surface area contributed by atoms with Gasteiger partial charge >= 0.3 is 0 Å². The molecule has 1 N–H and O–H groups in total. The lowest BCUT2D eigenvalue weighted by Crippen LogP contribution is -2.43. The Morgan fingerprint density at radius 2 is 2.00 bits per heavy atom. The van der Waals surface area contributed by atoms with Crippen molar-refractivity contribution in [2.24, 2.45) is 29.2 Å². The molecule has 5 atom stereocenters. The number of aromatic nitrogens is 2. The molecule has 2 bridgehead atoms. The highest BCUT2D eigenvalue weighted by Crippen LogP contribution is 2.42. The van der Waals surface area contributed by atoms with E-state index in [1.807, 2.05) is 19.1 Å². The van der Waals surface area contributed by atoms with Crippen molar-refractivity contribution < 1.29 is 23.3 Å². The molecule has 2 aliphatic heterocycles. The predicted octanol–water partition coefficient (Wildman–Crippen LogP) is 6.39. The second-order valence-corrected chi connectivity index (χ2v) is 15.7. The van der Waals surface area contributed by atoms with E-state index in [-0.39, 0.29) is 28.9 Å². The number of nitrogens with zero attached hydrogens (tertiary/aromatic N) is 4. The van der Waals surface area contributed by atoms with Gasteiger partial charge in [0.1, 0.15) is 15.7 Å². The van der Waals surface area contributed by atoms with Gasteiger partial charge in [0.25, 0.3) is 11.8 Å². The molecule has 0 unspecified atom stereocenters. The Bertz CT molecular complexity index is 1820. The van der Waals surface area contributed by atoms with Gasteiger partial charge in [0, 0.05) is 44.0 Å². The number of carbonyl (C=O) groups is 2. The van der Waals surface area contributed by atoms with E-state index in [1.54, 1.807) is 26.3 Å². The van der Waals surface area contributed by atoms with Crippen LogP contribution in [0.4, 0.5) is 5.69 Å². The zero-order valence-corrected chi connectivity index (χ0v) is 29.3. The lowest BCUT2D eigenvalue weighted by Gasteiger charge is -2.43. The van der Waals surface area contributed by atoms with Gasteiger partial charge in [-0.2, -0.15) is 5.10 Å². The third-order valence-corrected chi connectivity index (χ3v) is 11.8. The molecule has 0 saturated heterocycles. The summed E-state index contributed by atoms with van der Waals surface area (Å²) in [7, 11) is -0.0796. The molecule has 1 saturated carbocycles. The van der Waals surface area contributed by atoms with Crippen LogP contribution in [0.15, 0.2) is 65.3 Å². The van der Waals surface area contributed by atoms with Crippen molar-refractivity contribution >= 4 is 39.0 Å². The van der Waals surface area contributed by atoms with Gasteiger partial charge in [-0.25, -0.2) is 4.21 Å². The highest BCUT2D eigenvalue weighted by molar-refractivity contribution is 7.92. The van der Waals surface area contributed by atoms with Crippen LogP contribution >= 0.6 is 11.6 Å². The maximum Gasteiger partial charge on any atom is 0.286 e. The topological polar surface area (TPSA) is 115 Å². The quantitative estimate of drug-likeness (QED) is 0.317. The number of ether oxygens (including phenoxy) is 2. The Morgan fingerprint density at radius 3 is 2.75 bits per heavy atom. The number of amides is 2. The monoisotopic (exact) mass is 693 g/mol.